The first-order valence-electron chi connectivity index (χ1n) is 8.38. The lowest BCUT2D eigenvalue weighted by atomic mass is 10.1. The molecule has 6 heteroatoms. The van der Waals surface area contributed by atoms with Crippen LogP contribution in [0.25, 0.3) is 10.9 Å². The van der Waals surface area contributed by atoms with Gasteiger partial charge in [-0.15, -0.1) is 0 Å². The van der Waals surface area contributed by atoms with E-state index in [4.69, 9.17) is 21.1 Å². The molecular weight excluding hydrogens is 352 g/mol. The predicted octanol–water partition coefficient (Wildman–Crippen LogP) is 4.80. The third-order valence-corrected chi connectivity index (χ3v) is 4.57. The number of ether oxygens (including phenoxy) is 2. The molecule has 3 rings (SSSR count). The Bertz CT molecular complexity index is 921. The number of H-pyrrole nitrogens is 1. The molecule has 0 aliphatic carbocycles. The molecule has 0 bridgehead atoms. The summed E-state index contributed by atoms with van der Waals surface area (Å²) in [6.07, 6.45) is 4.00. The van der Waals surface area contributed by atoms with Crippen LogP contribution in [0.2, 0.25) is 5.02 Å². The molecule has 26 heavy (non-hydrogen) atoms. The van der Waals surface area contributed by atoms with E-state index in [2.05, 4.69) is 16.4 Å². The van der Waals surface area contributed by atoms with Crippen molar-refractivity contribution in [2.75, 3.05) is 19.5 Å². The highest BCUT2D eigenvalue weighted by Crippen LogP contribution is 2.36. The molecule has 0 unspecified atom stereocenters. The summed E-state index contributed by atoms with van der Waals surface area (Å²) in [5.74, 6) is 0.912. The maximum absolute atomic E-state index is 12.3. The minimum Gasteiger partial charge on any atom is -0.495 e. The van der Waals surface area contributed by atoms with Crippen LogP contribution in [-0.2, 0) is 11.2 Å². The lowest BCUT2D eigenvalue weighted by molar-refractivity contribution is -0.116. The van der Waals surface area contributed by atoms with Crippen molar-refractivity contribution in [2.45, 2.75) is 19.3 Å². The molecule has 0 atom stereocenters. The maximum atomic E-state index is 12.3. The third kappa shape index (κ3) is 3.94. The van der Waals surface area contributed by atoms with Gasteiger partial charge in [-0.1, -0.05) is 29.8 Å². The van der Waals surface area contributed by atoms with Crippen LogP contribution < -0.4 is 14.8 Å². The smallest absolute Gasteiger partial charge is 0.224 e. The fourth-order valence-corrected chi connectivity index (χ4v) is 3.18. The van der Waals surface area contributed by atoms with E-state index in [1.165, 1.54) is 25.2 Å². The van der Waals surface area contributed by atoms with Crippen LogP contribution in [-0.4, -0.2) is 25.1 Å². The van der Waals surface area contributed by atoms with E-state index in [9.17, 15) is 4.79 Å². The van der Waals surface area contributed by atoms with Gasteiger partial charge in [-0.05, 0) is 24.5 Å². The zero-order chi connectivity index (χ0) is 18.5. The highest BCUT2D eigenvalue weighted by Gasteiger charge is 2.13. The van der Waals surface area contributed by atoms with Gasteiger partial charge < -0.3 is 19.8 Å². The Balaban J connectivity index is 1.61. The van der Waals surface area contributed by atoms with Crippen molar-refractivity contribution in [2.24, 2.45) is 0 Å². The number of amides is 1. The molecule has 1 aromatic heterocycles. The Hall–Kier alpha value is -2.66. The Morgan fingerprint density at radius 3 is 2.69 bits per heavy atom. The fraction of sp³-hybridized carbons (Fsp3) is 0.250. The van der Waals surface area contributed by atoms with Crippen LogP contribution in [0.4, 0.5) is 5.69 Å². The number of nitrogens with one attached hydrogen (secondary N) is 2. The third-order valence-electron chi connectivity index (χ3n) is 4.27. The second-order valence-electron chi connectivity index (χ2n) is 5.95. The zero-order valence-corrected chi connectivity index (χ0v) is 15.5. The lowest BCUT2D eigenvalue weighted by Crippen LogP contribution is -2.12. The number of carbonyl (C=O) groups excluding carboxylic acids is 1. The van der Waals surface area contributed by atoms with Gasteiger partial charge in [-0.3, -0.25) is 4.79 Å². The molecule has 0 aliphatic rings. The molecule has 0 aliphatic heterocycles. The number of anilines is 1. The normalized spacial score (nSPS) is 10.7. The Morgan fingerprint density at radius 2 is 1.92 bits per heavy atom. The number of aromatic amines is 1. The second kappa shape index (κ2) is 8.15. The van der Waals surface area contributed by atoms with E-state index in [0.29, 0.717) is 28.6 Å². The summed E-state index contributed by atoms with van der Waals surface area (Å²) in [5, 5.41) is 4.51. The van der Waals surface area contributed by atoms with Crippen molar-refractivity contribution < 1.29 is 14.3 Å². The lowest BCUT2D eigenvalue weighted by Gasteiger charge is -2.13. The molecule has 0 saturated heterocycles. The average molecular weight is 373 g/mol. The summed E-state index contributed by atoms with van der Waals surface area (Å²) in [6.45, 7) is 0. The summed E-state index contributed by atoms with van der Waals surface area (Å²) in [6, 6.07) is 11.5. The highest BCUT2D eigenvalue weighted by molar-refractivity contribution is 6.32. The molecule has 3 aromatic rings. The van der Waals surface area contributed by atoms with Crippen molar-refractivity contribution >= 4 is 34.1 Å². The first kappa shape index (κ1) is 18.1. The molecule has 0 spiro atoms. The second-order valence-corrected chi connectivity index (χ2v) is 6.36. The van der Waals surface area contributed by atoms with E-state index in [-0.39, 0.29) is 5.91 Å². The first-order valence-corrected chi connectivity index (χ1v) is 8.76. The van der Waals surface area contributed by atoms with Gasteiger partial charge in [0.2, 0.25) is 5.91 Å². The summed E-state index contributed by atoms with van der Waals surface area (Å²) in [7, 11) is 3.06. The first-order chi connectivity index (χ1) is 12.6. The van der Waals surface area contributed by atoms with Gasteiger partial charge in [0, 0.05) is 35.7 Å². The van der Waals surface area contributed by atoms with Crippen molar-refractivity contribution in [3.8, 4) is 11.5 Å². The number of fused-ring (bicyclic) bond motifs is 1. The monoisotopic (exact) mass is 372 g/mol. The Labute approximate surface area is 157 Å². The number of aromatic nitrogens is 1. The van der Waals surface area contributed by atoms with Crippen molar-refractivity contribution in [1.29, 1.82) is 0 Å². The molecule has 1 heterocycles. The molecule has 5 nitrogen and oxygen atoms in total. The number of hydrogen-bond acceptors (Lipinski definition) is 3. The van der Waals surface area contributed by atoms with Gasteiger partial charge in [0.15, 0.2) is 0 Å². The SMILES string of the molecule is COc1cc(NC(=O)CCCc2c[nH]c3ccccc23)c(OC)cc1Cl. The molecule has 2 N–H and O–H groups in total. The minimum absolute atomic E-state index is 0.0764. The van der Waals surface area contributed by atoms with Gasteiger partial charge in [0.05, 0.1) is 24.9 Å². The van der Waals surface area contributed by atoms with Gasteiger partial charge >= 0.3 is 0 Å². The van der Waals surface area contributed by atoms with Gasteiger partial charge in [-0.2, -0.15) is 0 Å². The van der Waals surface area contributed by atoms with Crippen molar-refractivity contribution in [1.82, 2.24) is 4.98 Å². The summed E-state index contributed by atoms with van der Waals surface area (Å²) >= 11 is 6.08. The van der Waals surface area contributed by atoms with Gasteiger partial charge in [-0.25, -0.2) is 0 Å². The molecule has 2 aromatic carbocycles. The summed E-state index contributed by atoms with van der Waals surface area (Å²) in [5.41, 5.74) is 2.88. The number of hydrogen-bond donors (Lipinski definition) is 2. The van der Waals surface area contributed by atoms with Crippen LogP contribution in [0.15, 0.2) is 42.6 Å². The number of methoxy groups -OCH3 is 2. The van der Waals surface area contributed by atoms with Gasteiger partial charge in [0.1, 0.15) is 11.5 Å². The number of benzene rings is 2. The number of carbonyl (C=O) groups is 1. The van der Waals surface area contributed by atoms with E-state index in [1.807, 2.05) is 24.4 Å². The predicted molar refractivity (Wildman–Crippen MR) is 104 cm³/mol. The Morgan fingerprint density at radius 1 is 1.15 bits per heavy atom. The number of aryl methyl sites for hydroxylation is 1. The van der Waals surface area contributed by atoms with Crippen LogP contribution in [0.3, 0.4) is 0 Å². The van der Waals surface area contributed by atoms with Crippen LogP contribution in [0.5, 0.6) is 11.5 Å². The minimum atomic E-state index is -0.0764. The standard InChI is InChI=1S/C20H21ClN2O3/c1-25-18-11-17(19(26-2)10-15(18)21)23-20(24)9-5-6-13-12-22-16-8-4-3-7-14(13)16/h3-4,7-8,10-12,22H,5-6,9H2,1-2H3,(H,23,24). The van der Waals surface area contributed by atoms with E-state index in [0.717, 1.165) is 18.4 Å². The molecule has 0 fully saturated rings. The average Bonchev–Trinajstić information content (AvgIpc) is 3.06. The number of rotatable bonds is 7. The van der Waals surface area contributed by atoms with E-state index in [1.54, 1.807) is 12.1 Å². The number of halogens is 1. The molecule has 136 valence electrons. The van der Waals surface area contributed by atoms with E-state index < -0.39 is 0 Å². The van der Waals surface area contributed by atoms with Crippen LogP contribution in [0.1, 0.15) is 18.4 Å². The molecule has 1 amide bonds. The largest absolute Gasteiger partial charge is 0.495 e. The summed E-state index contributed by atoms with van der Waals surface area (Å²) < 4.78 is 10.5. The van der Waals surface area contributed by atoms with Crippen molar-refractivity contribution in [3.63, 3.8) is 0 Å². The number of para-hydroxylation sites is 1. The topological polar surface area (TPSA) is 63.3 Å². The van der Waals surface area contributed by atoms with Gasteiger partial charge in [0.25, 0.3) is 0 Å². The molecule has 0 radical (unpaired) electrons. The maximum Gasteiger partial charge on any atom is 0.224 e. The highest BCUT2D eigenvalue weighted by atomic mass is 35.5. The Kier molecular flexibility index (Phi) is 5.68. The van der Waals surface area contributed by atoms with Crippen molar-refractivity contribution in [3.05, 3.63) is 53.2 Å². The van der Waals surface area contributed by atoms with E-state index >= 15 is 0 Å². The molecular formula is C20H21ClN2O3. The molecule has 0 saturated carbocycles. The zero-order valence-electron chi connectivity index (χ0n) is 14.8. The summed E-state index contributed by atoms with van der Waals surface area (Å²) in [4.78, 5) is 15.6. The quantitative estimate of drug-likeness (QED) is 0.626. The van der Waals surface area contributed by atoms with Crippen LogP contribution >= 0.6 is 11.6 Å². The fourth-order valence-electron chi connectivity index (χ4n) is 2.95. The van der Waals surface area contributed by atoms with Crippen LogP contribution in [0, 0.1) is 0 Å².